The van der Waals surface area contributed by atoms with Gasteiger partial charge >= 0.3 is 6.36 Å². The summed E-state index contributed by atoms with van der Waals surface area (Å²) in [5.41, 5.74) is 0.483. The highest BCUT2D eigenvalue weighted by Crippen LogP contribution is 2.42. The number of hydrogen-bond donors (Lipinski definition) is 1. The maximum Gasteiger partial charge on any atom is 0.573 e. The smallest absolute Gasteiger partial charge is 0.456 e. The molecule has 0 aliphatic rings. The van der Waals surface area contributed by atoms with Gasteiger partial charge in [0.25, 0.3) is 11.5 Å². The molecule has 0 saturated heterocycles. The van der Waals surface area contributed by atoms with Gasteiger partial charge in [-0.25, -0.2) is 4.39 Å². The van der Waals surface area contributed by atoms with E-state index in [9.17, 15) is 27.2 Å². The number of alkyl halides is 3. The molecule has 3 rings (SSSR count). The molecule has 0 atom stereocenters. The van der Waals surface area contributed by atoms with Crippen LogP contribution in [0.1, 0.15) is 16.7 Å². The summed E-state index contributed by atoms with van der Waals surface area (Å²) in [6.45, 7) is 3.07. The second-order valence-electron chi connectivity index (χ2n) is 7.64. The molecule has 0 aliphatic carbocycles. The molecule has 0 aliphatic heterocycles. The number of ether oxygens (including phenoxy) is 2. The van der Waals surface area contributed by atoms with Crippen LogP contribution < -0.4 is 20.3 Å². The van der Waals surface area contributed by atoms with Gasteiger partial charge in [-0.2, -0.15) is 0 Å². The number of nitrogens with zero attached hydrogens (tertiary/aromatic N) is 1. The zero-order chi connectivity index (χ0) is 25.9. The van der Waals surface area contributed by atoms with Gasteiger partial charge < -0.3 is 19.4 Å². The van der Waals surface area contributed by atoms with Crippen molar-refractivity contribution in [2.24, 2.45) is 7.05 Å². The van der Waals surface area contributed by atoms with Crippen molar-refractivity contribution < 1.29 is 31.8 Å². The summed E-state index contributed by atoms with van der Waals surface area (Å²) in [5, 5.41) is 2.46. The van der Waals surface area contributed by atoms with Crippen LogP contribution >= 0.6 is 0 Å². The number of carbonyl (C=O) groups excluding carboxylic acids is 1. The molecular weight excluding hydrogens is 468 g/mol. The average Bonchev–Trinajstić information content (AvgIpc) is 2.76. The Morgan fingerprint density at radius 1 is 1.14 bits per heavy atom. The number of amides is 1. The predicted octanol–water partition coefficient (Wildman–Crippen LogP) is 4.75. The predicted molar refractivity (Wildman–Crippen MR) is 120 cm³/mol. The lowest BCUT2D eigenvalue weighted by Gasteiger charge is -2.21. The molecule has 0 saturated carbocycles. The second kappa shape index (κ2) is 9.93. The highest BCUT2D eigenvalue weighted by molar-refractivity contribution is 5.93. The molecule has 1 N–H and O–H groups in total. The van der Waals surface area contributed by atoms with Crippen molar-refractivity contribution in [3.63, 3.8) is 0 Å². The fraction of sp³-hybridized carbons (Fsp3) is 0.200. The van der Waals surface area contributed by atoms with E-state index in [1.165, 1.54) is 31.4 Å². The zero-order valence-corrected chi connectivity index (χ0v) is 18.9. The Morgan fingerprint density at radius 3 is 2.40 bits per heavy atom. The number of halogens is 4. The van der Waals surface area contributed by atoms with E-state index in [0.29, 0.717) is 28.5 Å². The van der Waals surface area contributed by atoms with E-state index in [2.05, 4.69) is 10.1 Å². The number of nitrogens with one attached hydrogen (secondary N) is 1. The average molecular weight is 488 g/mol. The first-order valence-electron chi connectivity index (χ1n) is 10.2. The second-order valence-corrected chi connectivity index (χ2v) is 7.64. The summed E-state index contributed by atoms with van der Waals surface area (Å²) in [6, 6.07) is 7.82. The Balaban J connectivity index is 2.28. The fourth-order valence-corrected chi connectivity index (χ4v) is 3.52. The Labute approximate surface area is 198 Å². The Hall–Kier alpha value is -4.26. The third-order valence-electron chi connectivity index (χ3n) is 5.01. The first kappa shape index (κ1) is 25.4. The summed E-state index contributed by atoms with van der Waals surface area (Å²) in [6.07, 6.45) is 1.18. The van der Waals surface area contributed by atoms with Crippen molar-refractivity contribution in [1.29, 1.82) is 0 Å². The van der Waals surface area contributed by atoms with Crippen molar-refractivity contribution in [2.45, 2.75) is 26.8 Å². The van der Waals surface area contributed by atoms with Crippen LogP contribution in [0.25, 0.3) is 11.1 Å². The number of rotatable bonds is 6. The molecule has 1 heterocycles. The highest BCUT2D eigenvalue weighted by Gasteiger charge is 2.33. The molecule has 6 nitrogen and oxygen atoms in total. The van der Waals surface area contributed by atoms with E-state index in [1.807, 2.05) is 5.92 Å². The van der Waals surface area contributed by atoms with Crippen LogP contribution in [0.2, 0.25) is 0 Å². The molecule has 0 unspecified atom stereocenters. The van der Waals surface area contributed by atoms with Gasteiger partial charge in [-0.3, -0.25) is 9.59 Å². The SMILES string of the molecule is C#CC(=O)NCc1cccc(Oc2c(C)cc(F)cc2C)c1-c1cn(C)c(=O)cc1OC(F)(F)F. The Kier molecular flexibility index (Phi) is 7.20. The molecular formula is C25H20F4N2O4. The van der Waals surface area contributed by atoms with Crippen molar-refractivity contribution in [2.75, 3.05) is 0 Å². The van der Waals surface area contributed by atoms with Crippen LogP contribution in [0.5, 0.6) is 17.2 Å². The van der Waals surface area contributed by atoms with Gasteiger partial charge in [-0.05, 0) is 54.7 Å². The van der Waals surface area contributed by atoms with E-state index in [1.54, 1.807) is 26.0 Å². The summed E-state index contributed by atoms with van der Waals surface area (Å²) >= 11 is 0. The van der Waals surface area contributed by atoms with Gasteiger partial charge in [-0.15, -0.1) is 19.6 Å². The molecule has 35 heavy (non-hydrogen) atoms. The number of carbonyl (C=O) groups is 1. The Morgan fingerprint density at radius 2 is 1.80 bits per heavy atom. The van der Waals surface area contributed by atoms with Crippen LogP contribution in [-0.2, 0) is 18.4 Å². The van der Waals surface area contributed by atoms with Crippen molar-refractivity contribution in [1.82, 2.24) is 9.88 Å². The van der Waals surface area contributed by atoms with Crippen LogP contribution in [0.3, 0.4) is 0 Å². The van der Waals surface area contributed by atoms with Gasteiger partial charge in [-0.1, -0.05) is 12.1 Å². The normalized spacial score (nSPS) is 11.0. The number of terminal acetylenes is 1. The standard InChI is InChI=1S/C25H20F4N2O4/c1-5-21(32)30-12-16-7-6-8-19(34-24-14(2)9-17(26)10-15(24)3)23(16)18-13-31(4)22(33)11-20(18)35-25(27,28)29/h1,6-11,13H,12H2,2-4H3,(H,30,32). The van der Waals surface area contributed by atoms with E-state index in [4.69, 9.17) is 11.2 Å². The van der Waals surface area contributed by atoms with Gasteiger partial charge in [0.2, 0.25) is 0 Å². The molecule has 1 amide bonds. The Bertz CT molecular complexity index is 1360. The minimum Gasteiger partial charge on any atom is -0.456 e. The van der Waals surface area contributed by atoms with Crippen molar-refractivity contribution >= 4 is 5.91 Å². The van der Waals surface area contributed by atoms with E-state index in [0.717, 1.165) is 4.57 Å². The van der Waals surface area contributed by atoms with Gasteiger partial charge in [0.1, 0.15) is 23.1 Å². The minimum absolute atomic E-state index is 0.0842. The molecule has 0 fully saturated rings. The maximum atomic E-state index is 13.8. The molecule has 0 radical (unpaired) electrons. The third kappa shape index (κ3) is 6.00. The lowest BCUT2D eigenvalue weighted by atomic mass is 9.98. The van der Waals surface area contributed by atoms with Crippen LogP contribution in [0, 0.1) is 32.0 Å². The van der Waals surface area contributed by atoms with E-state index < -0.39 is 29.4 Å². The van der Waals surface area contributed by atoms with Crippen LogP contribution in [0.4, 0.5) is 17.6 Å². The number of hydrogen-bond acceptors (Lipinski definition) is 4. The molecule has 10 heteroatoms. The summed E-state index contributed by atoms with van der Waals surface area (Å²) in [5.74, 6) is 0.302. The summed E-state index contributed by atoms with van der Waals surface area (Å²) in [7, 11) is 1.36. The van der Waals surface area contributed by atoms with Crippen molar-refractivity contribution in [3.8, 4) is 40.7 Å². The molecule has 0 spiro atoms. The van der Waals surface area contributed by atoms with Gasteiger partial charge in [0.15, 0.2) is 0 Å². The van der Waals surface area contributed by atoms with Gasteiger partial charge in [0, 0.05) is 37.0 Å². The lowest BCUT2D eigenvalue weighted by Crippen LogP contribution is -2.23. The zero-order valence-electron chi connectivity index (χ0n) is 18.9. The first-order chi connectivity index (χ1) is 16.4. The number of pyridine rings is 1. The molecule has 1 aromatic heterocycles. The van der Waals surface area contributed by atoms with Gasteiger partial charge in [0.05, 0.1) is 0 Å². The lowest BCUT2D eigenvalue weighted by molar-refractivity contribution is -0.274. The minimum atomic E-state index is -5.08. The number of aromatic nitrogens is 1. The summed E-state index contributed by atoms with van der Waals surface area (Å²) in [4.78, 5) is 23.8. The molecule has 0 bridgehead atoms. The molecule has 2 aromatic carbocycles. The highest BCUT2D eigenvalue weighted by atomic mass is 19.4. The number of benzene rings is 2. The maximum absolute atomic E-state index is 13.8. The molecule has 182 valence electrons. The monoisotopic (exact) mass is 488 g/mol. The van der Waals surface area contributed by atoms with Crippen LogP contribution in [0.15, 0.2) is 47.4 Å². The topological polar surface area (TPSA) is 69.6 Å². The first-order valence-corrected chi connectivity index (χ1v) is 10.2. The number of aryl methyl sites for hydroxylation is 3. The molecule has 3 aromatic rings. The quantitative estimate of drug-likeness (QED) is 0.402. The van der Waals surface area contributed by atoms with E-state index >= 15 is 0 Å². The largest absolute Gasteiger partial charge is 0.573 e. The van der Waals surface area contributed by atoms with E-state index in [-0.39, 0.29) is 23.4 Å². The summed E-state index contributed by atoms with van der Waals surface area (Å²) < 4.78 is 64.6. The third-order valence-corrected chi connectivity index (χ3v) is 5.01. The van der Waals surface area contributed by atoms with Crippen LogP contribution in [-0.4, -0.2) is 16.8 Å². The van der Waals surface area contributed by atoms with Crippen molar-refractivity contribution in [3.05, 3.63) is 75.5 Å². The fourth-order valence-electron chi connectivity index (χ4n) is 3.52.